The number of H-pyrrole nitrogens is 1. The quantitative estimate of drug-likeness (QED) is 0.579. The van der Waals surface area contributed by atoms with Crippen molar-refractivity contribution < 1.29 is 14.3 Å². The van der Waals surface area contributed by atoms with Gasteiger partial charge in [0.25, 0.3) is 5.91 Å². The van der Waals surface area contributed by atoms with Crippen LogP contribution >= 0.6 is 0 Å². The molecule has 128 valence electrons. The third kappa shape index (κ3) is 2.67. The van der Waals surface area contributed by atoms with Crippen LogP contribution in [0.3, 0.4) is 0 Å². The number of hydrogen-bond acceptors (Lipinski definition) is 3. The maximum absolute atomic E-state index is 12.7. The summed E-state index contributed by atoms with van der Waals surface area (Å²) >= 11 is 0. The fourth-order valence-corrected chi connectivity index (χ4v) is 2.95. The van der Waals surface area contributed by atoms with E-state index in [9.17, 15) is 9.32 Å². The molecule has 0 radical (unpaired) electrons. The number of aromatic nitrogens is 2. The van der Waals surface area contributed by atoms with E-state index in [-0.39, 0.29) is 5.75 Å². The van der Waals surface area contributed by atoms with E-state index in [1.807, 2.05) is 36.4 Å². The van der Waals surface area contributed by atoms with Gasteiger partial charge < -0.3 is 10.7 Å². The van der Waals surface area contributed by atoms with Gasteiger partial charge >= 0.3 is 0 Å². The van der Waals surface area contributed by atoms with Crippen molar-refractivity contribution in [2.24, 2.45) is 5.73 Å². The number of amides is 1. The second kappa shape index (κ2) is 6.33. The molecule has 0 spiro atoms. The summed E-state index contributed by atoms with van der Waals surface area (Å²) in [7, 11) is 0. The highest BCUT2D eigenvalue weighted by molar-refractivity contribution is 6.04. The van der Waals surface area contributed by atoms with E-state index in [0.717, 1.165) is 16.6 Å². The third-order valence-corrected chi connectivity index (χ3v) is 4.22. The SMILES string of the molecule is NC(=O)c1cccc2[nH]c(-c3ccc(-c4ccccc4OF)cc3)nc12. The number of para-hydroxylation sites is 2. The minimum absolute atomic E-state index is 0.162. The summed E-state index contributed by atoms with van der Waals surface area (Å²) in [4.78, 5) is 23.2. The molecule has 0 saturated heterocycles. The van der Waals surface area contributed by atoms with E-state index in [0.29, 0.717) is 22.5 Å². The summed E-state index contributed by atoms with van der Waals surface area (Å²) in [5.74, 6) is 0.261. The second-order valence-electron chi connectivity index (χ2n) is 5.80. The third-order valence-electron chi connectivity index (χ3n) is 4.22. The zero-order valence-electron chi connectivity index (χ0n) is 13.6. The lowest BCUT2D eigenvalue weighted by molar-refractivity contribution is -0.00545. The first-order chi connectivity index (χ1) is 12.7. The Morgan fingerprint density at radius 1 is 0.962 bits per heavy atom. The molecule has 26 heavy (non-hydrogen) atoms. The Balaban J connectivity index is 1.75. The molecule has 1 amide bonds. The number of carbonyl (C=O) groups is 1. The minimum Gasteiger partial charge on any atom is -0.366 e. The molecular formula is C20H14FN3O2. The van der Waals surface area contributed by atoms with Gasteiger partial charge in [0.1, 0.15) is 11.3 Å². The molecule has 1 heterocycles. The number of benzene rings is 3. The fraction of sp³-hybridized carbons (Fsp3) is 0. The predicted octanol–water partition coefficient (Wildman–Crippen LogP) is 4.26. The number of primary amides is 1. The Bertz CT molecular complexity index is 1100. The lowest BCUT2D eigenvalue weighted by Gasteiger charge is -2.06. The molecular weight excluding hydrogens is 333 g/mol. The summed E-state index contributed by atoms with van der Waals surface area (Å²) in [5.41, 5.74) is 9.35. The summed E-state index contributed by atoms with van der Waals surface area (Å²) in [6, 6.07) is 19.5. The van der Waals surface area contributed by atoms with Crippen LogP contribution in [0.15, 0.2) is 66.7 Å². The van der Waals surface area contributed by atoms with Gasteiger partial charge in [-0.2, -0.15) is 0 Å². The molecule has 0 aliphatic rings. The molecule has 0 saturated carbocycles. The van der Waals surface area contributed by atoms with E-state index in [1.165, 1.54) is 0 Å². The first kappa shape index (κ1) is 15.8. The molecule has 0 bridgehead atoms. The first-order valence-electron chi connectivity index (χ1n) is 7.94. The number of nitrogens with zero attached hydrogens (tertiary/aromatic N) is 1. The van der Waals surface area contributed by atoms with E-state index < -0.39 is 5.91 Å². The van der Waals surface area contributed by atoms with Gasteiger partial charge in [0.15, 0.2) is 5.75 Å². The topological polar surface area (TPSA) is 81.0 Å². The Morgan fingerprint density at radius 3 is 2.42 bits per heavy atom. The van der Waals surface area contributed by atoms with Gasteiger partial charge in [-0.05, 0) is 23.8 Å². The monoisotopic (exact) mass is 347 g/mol. The van der Waals surface area contributed by atoms with Crippen molar-refractivity contribution in [3.05, 3.63) is 72.3 Å². The summed E-state index contributed by atoms with van der Waals surface area (Å²) in [5, 5.41) is 0. The zero-order chi connectivity index (χ0) is 18.1. The van der Waals surface area contributed by atoms with Gasteiger partial charge in [-0.15, -0.1) is 0 Å². The number of fused-ring (bicyclic) bond motifs is 1. The van der Waals surface area contributed by atoms with Crippen molar-refractivity contribution in [1.82, 2.24) is 9.97 Å². The van der Waals surface area contributed by atoms with E-state index >= 15 is 0 Å². The van der Waals surface area contributed by atoms with Crippen molar-refractivity contribution in [2.45, 2.75) is 0 Å². The van der Waals surface area contributed by atoms with Crippen LogP contribution in [0.5, 0.6) is 5.75 Å². The molecule has 0 aliphatic heterocycles. The van der Waals surface area contributed by atoms with Gasteiger partial charge in [0.2, 0.25) is 0 Å². The number of halogens is 1. The summed E-state index contributed by atoms with van der Waals surface area (Å²) in [6.45, 7) is 0. The maximum Gasteiger partial charge on any atom is 0.250 e. The normalized spacial score (nSPS) is 10.8. The molecule has 4 aromatic rings. The van der Waals surface area contributed by atoms with Gasteiger partial charge in [0.05, 0.1) is 11.1 Å². The van der Waals surface area contributed by atoms with Crippen molar-refractivity contribution >= 4 is 16.9 Å². The number of aromatic amines is 1. The fourth-order valence-electron chi connectivity index (χ4n) is 2.95. The van der Waals surface area contributed by atoms with Crippen LogP contribution in [0.25, 0.3) is 33.5 Å². The highest BCUT2D eigenvalue weighted by atomic mass is 19.3. The highest BCUT2D eigenvalue weighted by Crippen LogP contribution is 2.31. The van der Waals surface area contributed by atoms with Crippen LogP contribution in [0.2, 0.25) is 0 Å². The van der Waals surface area contributed by atoms with Crippen molar-refractivity contribution in [1.29, 1.82) is 0 Å². The molecule has 0 fully saturated rings. The van der Waals surface area contributed by atoms with Gasteiger partial charge in [-0.3, -0.25) is 9.74 Å². The van der Waals surface area contributed by atoms with Gasteiger partial charge in [-0.25, -0.2) is 4.98 Å². The summed E-state index contributed by atoms with van der Waals surface area (Å²) < 4.78 is 12.7. The first-order valence-corrected chi connectivity index (χ1v) is 7.94. The summed E-state index contributed by atoms with van der Waals surface area (Å²) in [6.07, 6.45) is 0. The van der Waals surface area contributed by atoms with Crippen LogP contribution in [0.4, 0.5) is 4.53 Å². The Kier molecular flexibility index (Phi) is 3.85. The largest absolute Gasteiger partial charge is 0.366 e. The molecule has 0 aliphatic carbocycles. The van der Waals surface area contributed by atoms with Crippen LogP contribution in [0, 0.1) is 0 Å². The van der Waals surface area contributed by atoms with Crippen LogP contribution in [-0.4, -0.2) is 15.9 Å². The lowest BCUT2D eigenvalue weighted by atomic mass is 10.0. The minimum atomic E-state index is -0.521. The molecule has 3 N–H and O–H groups in total. The second-order valence-corrected chi connectivity index (χ2v) is 5.80. The number of carbonyl (C=O) groups excluding carboxylic acids is 1. The van der Waals surface area contributed by atoms with Crippen LogP contribution in [0.1, 0.15) is 10.4 Å². The predicted molar refractivity (Wildman–Crippen MR) is 97.2 cm³/mol. The van der Waals surface area contributed by atoms with Crippen LogP contribution < -0.4 is 10.7 Å². The molecule has 6 heteroatoms. The number of rotatable bonds is 4. The molecule has 5 nitrogen and oxygen atoms in total. The Morgan fingerprint density at radius 2 is 1.69 bits per heavy atom. The molecule has 0 atom stereocenters. The van der Waals surface area contributed by atoms with Crippen LogP contribution in [-0.2, 0) is 0 Å². The average molecular weight is 347 g/mol. The maximum atomic E-state index is 12.7. The highest BCUT2D eigenvalue weighted by Gasteiger charge is 2.13. The number of hydrogen-bond donors (Lipinski definition) is 2. The number of nitrogens with two attached hydrogens (primary N) is 1. The van der Waals surface area contributed by atoms with Gasteiger partial charge in [-0.1, -0.05) is 48.5 Å². The average Bonchev–Trinajstić information content (AvgIpc) is 3.12. The molecule has 0 unspecified atom stereocenters. The smallest absolute Gasteiger partial charge is 0.250 e. The Labute approximate surface area is 148 Å². The van der Waals surface area contributed by atoms with E-state index in [2.05, 4.69) is 14.9 Å². The van der Waals surface area contributed by atoms with E-state index in [4.69, 9.17) is 5.73 Å². The Hall–Kier alpha value is -3.67. The molecule has 1 aromatic heterocycles. The van der Waals surface area contributed by atoms with Crippen molar-refractivity contribution in [3.8, 4) is 28.3 Å². The molecule has 3 aromatic carbocycles. The van der Waals surface area contributed by atoms with Crippen molar-refractivity contribution in [2.75, 3.05) is 0 Å². The number of nitrogens with one attached hydrogen (secondary N) is 1. The number of imidazole rings is 1. The zero-order valence-corrected chi connectivity index (χ0v) is 13.6. The van der Waals surface area contributed by atoms with E-state index in [1.54, 1.807) is 30.3 Å². The lowest BCUT2D eigenvalue weighted by Crippen LogP contribution is -2.11. The van der Waals surface area contributed by atoms with Gasteiger partial charge in [0, 0.05) is 15.7 Å². The van der Waals surface area contributed by atoms with Crippen molar-refractivity contribution in [3.63, 3.8) is 0 Å². The molecule has 4 rings (SSSR count). The standard InChI is InChI=1S/C20H14FN3O2/c21-26-17-7-2-1-4-14(17)12-8-10-13(11-9-12)20-23-16-6-3-5-15(19(22)25)18(16)24-20/h1-11H,(H2,22,25)(H,23,24).